The molecule has 0 heterocycles. The van der Waals surface area contributed by atoms with E-state index in [0.717, 1.165) is 102 Å². The van der Waals surface area contributed by atoms with Crippen molar-refractivity contribution in [2.75, 3.05) is 39.6 Å². The monoisotopic (exact) mass is 1270 g/mol. The van der Waals surface area contributed by atoms with Crippen LogP contribution in [0.1, 0.15) is 325 Å². The maximum Gasteiger partial charge on any atom is 0.472 e. The summed E-state index contributed by atoms with van der Waals surface area (Å²) in [6.07, 6.45) is 38.1. The number of aliphatic hydroxyl groups is 1. The average Bonchev–Trinajstić information content (AvgIpc) is 3.67. The summed E-state index contributed by atoms with van der Waals surface area (Å²) in [5, 5.41) is 10.5. The Balaban J connectivity index is 5.15. The number of unbranched alkanes of at least 4 members (excludes halogenated alkanes) is 30. The first-order chi connectivity index (χ1) is 41.1. The zero-order chi connectivity index (χ0) is 63.9. The van der Waals surface area contributed by atoms with E-state index in [1.165, 1.54) is 122 Å². The molecule has 0 radical (unpaired) electrons. The van der Waals surface area contributed by atoms with Crippen molar-refractivity contribution in [3.63, 3.8) is 0 Å². The Morgan fingerprint density at radius 3 is 0.721 bits per heavy atom. The van der Waals surface area contributed by atoms with Crippen LogP contribution in [-0.4, -0.2) is 96.7 Å². The van der Waals surface area contributed by atoms with Crippen LogP contribution in [0.15, 0.2) is 0 Å². The van der Waals surface area contributed by atoms with Crippen LogP contribution in [-0.2, 0) is 65.4 Å². The lowest BCUT2D eigenvalue weighted by Crippen LogP contribution is -2.30. The van der Waals surface area contributed by atoms with E-state index < -0.39 is 97.5 Å². The summed E-state index contributed by atoms with van der Waals surface area (Å²) in [7, 11) is -9.89. The van der Waals surface area contributed by atoms with E-state index in [2.05, 4.69) is 55.4 Å². The molecule has 0 aliphatic carbocycles. The molecule has 0 fully saturated rings. The lowest BCUT2D eigenvalue weighted by molar-refractivity contribution is -0.161. The lowest BCUT2D eigenvalue weighted by atomic mass is 10.0. The molecule has 86 heavy (non-hydrogen) atoms. The number of hydrogen-bond acceptors (Lipinski definition) is 15. The van der Waals surface area contributed by atoms with Gasteiger partial charge in [0.2, 0.25) is 0 Å². The Bertz CT molecular complexity index is 1710. The van der Waals surface area contributed by atoms with Gasteiger partial charge in [0.05, 0.1) is 26.4 Å². The highest BCUT2D eigenvalue weighted by Gasteiger charge is 2.30. The van der Waals surface area contributed by atoms with Crippen LogP contribution in [0.2, 0.25) is 0 Å². The van der Waals surface area contributed by atoms with Crippen molar-refractivity contribution >= 4 is 39.5 Å². The number of carbonyl (C=O) groups excluding carboxylic acids is 4. The predicted octanol–water partition coefficient (Wildman–Crippen LogP) is 18.5. The molecule has 510 valence electrons. The number of aliphatic hydroxyl groups excluding tert-OH is 1. The van der Waals surface area contributed by atoms with Gasteiger partial charge in [-0.3, -0.25) is 37.3 Å². The third-order valence-electron chi connectivity index (χ3n) is 15.3. The molecule has 0 aliphatic rings. The van der Waals surface area contributed by atoms with Crippen LogP contribution in [0.4, 0.5) is 0 Å². The summed E-state index contributed by atoms with van der Waals surface area (Å²) in [5.41, 5.74) is 0. The zero-order valence-corrected chi connectivity index (χ0v) is 57.7. The van der Waals surface area contributed by atoms with E-state index in [1.807, 2.05) is 0 Å². The number of esters is 4. The molecule has 17 nitrogen and oxygen atoms in total. The van der Waals surface area contributed by atoms with Crippen molar-refractivity contribution in [1.29, 1.82) is 0 Å². The molecule has 0 saturated carbocycles. The molecule has 0 aliphatic heterocycles. The van der Waals surface area contributed by atoms with Crippen molar-refractivity contribution < 1.29 is 80.2 Å². The minimum atomic E-state index is -4.95. The van der Waals surface area contributed by atoms with Gasteiger partial charge in [-0.15, -0.1) is 0 Å². The standard InChI is InChI=1S/C67H130O17P2/c1-57(2)43-35-27-19-16-14-12-10-9-11-13-15-17-21-31-39-47-64(69)77-53-63(84-67(72)50-42-34-26-24-30-38-46-60(7)8)56-82-86(75,76)80-52-61(68)51-79-85(73,74)81-55-62(54-78-65(70)48-40-32-25-23-29-37-45-59(5)6)83-66(71)49-41-33-22-18-20-28-36-44-58(3)4/h57-63,68H,9-56H2,1-8H3,(H,73,74)(H,75,76)/t61-,62+,63+/m0/s1. The smallest absolute Gasteiger partial charge is 0.462 e. The second kappa shape index (κ2) is 57.0. The highest BCUT2D eigenvalue weighted by molar-refractivity contribution is 7.47. The van der Waals surface area contributed by atoms with Gasteiger partial charge in [-0.25, -0.2) is 9.13 Å². The normalized spacial score (nSPS) is 14.4. The summed E-state index contributed by atoms with van der Waals surface area (Å²) in [5.74, 6) is 0.709. The topological polar surface area (TPSA) is 237 Å². The van der Waals surface area contributed by atoms with Gasteiger partial charge in [-0.1, -0.05) is 274 Å². The van der Waals surface area contributed by atoms with Crippen LogP contribution < -0.4 is 0 Å². The van der Waals surface area contributed by atoms with Gasteiger partial charge in [-0.05, 0) is 49.4 Å². The number of ether oxygens (including phenoxy) is 4. The second-order valence-corrected chi connectivity index (χ2v) is 29.0. The van der Waals surface area contributed by atoms with Gasteiger partial charge in [-0.2, -0.15) is 0 Å². The lowest BCUT2D eigenvalue weighted by Gasteiger charge is -2.21. The van der Waals surface area contributed by atoms with Gasteiger partial charge in [0.1, 0.15) is 19.3 Å². The minimum Gasteiger partial charge on any atom is -0.462 e. The van der Waals surface area contributed by atoms with E-state index >= 15 is 0 Å². The average molecular weight is 1270 g/mol. The van der Waals surface area contributed by atoms with E-state index in [-0.39, 0.29) is 25.7 Å². The number of rotatable bonds is 64. The fourth-order valence-electron chi connectivity index (χ4n) is 9.96. The summed E-state index contributed by atoms with van der Waals surface area (Å²) in [6.45, 7) is 13.9. The highest BCUT2D eigenvalue weighted by Crippen LogP contribution is 2.45. The van der Waals surface area contributed by atoms with Crippen molar-refractivity contribution in [1.82, 2.24) is 0 Å². The fraction of sp³-hybridized carbons (Fsp3) is 0.940. The van der Waals surface area contributed by atoms with Gasteiger partial charge in [0.15, 0.2) is 12.2 Å². The summed E-state index contributed by atoms with van der Waals surface area (Å²) >= 11 is 0. The van der Waals surface area contributed by atoms with Crippen molar-refractivity contribution in [2.24, 2.45) is 23.7 Å². The van der Waals surface area contributed by atoms with Gasteiger partial charge >= 0.3 is 39.5 Å². The molecular formula is C67H130O17P2. The first-order valence-electron chi connectivity index (χ1n) is 34.7. The Morgan fingerprint density at radius 1 is 0.291 bits per heavy atom. The molecule has 0 aromatic rings. The Morgan fingerprint density at radius 2 is 0.488 bits per heavy atom. The van der Waals surface area contributed by atoms with Crippen LogP contribution in [0.25, 0.3) is 0 Å². The SMILES string of the molecule is CC(C)CCCCCCCCCCCCCCCCCC(=O)OC[C@H](COP(=O)(O)OC[C@@H](O)COP(=O)(O)OC[C@@H](COC(=O)CCCCCCCCC(C)C)OC(=O)CCCCCCCCCC(C)C)OC(=O)CCCCCCCCC(C)C. The number of hydrogen-bond donors (Lipinski definition) is 3. The van der Waals surface area contributed by atoms with E-state index in [4.69, 9.17) is 37.0 Å². The van der Waals surface area contributed by atoms with E-state index in [1.54, 1.807) is 0 Å². The van der Waals surface area contributed by atoms with Crippen LogP contribution >= 0.6 is 15.6 Å². The molecule has 5 atom stereocenters. The summed E-state index contributed by atoms with van der Waals surface area (Å²) in [6, 6.07) is 0. The molecule has 0 amide bonds. The predicted molar refractivity (Wildman–Crippen MR) is 344 cm³/mol. The molecule has 0 saturated heterocycles. The Hall–Kier alpha value is -1.94. The number of phosphoric acid groups is 2. The van der Waals surface area contributed by atoms with Crippen LogP contribution in [0.3, 0.4) is 0 Å². The molecule has 3 N–H and O–H groups in total. The minimum absolute atomic E-state index is 0.102. The van der Waals surface area contributed by atoms with Gasteiger partial charge in [0.25, 0.3) is 0 Å². The first kappa shape index (κ1) is 84.1. The van der Waals surface area contributed by atoms with Crippen molar-refractivity contribution in [2.45, 2.75) is 343 Å². The largest absolute Gasteiger partial charge is 0.472 e. The zero-order valence-electron chi connectivity index (χ0n) is 55.9. The first-order valence-corrected chi connectivity index (χ1v) is 37.7. The highest BCUT2D eigenvalue weighted by atomic mass is 31.2. The van der Waals surface area contributed by atoms with E-state index in [0.29, 0.717) is 43.4 Å². The maximum atomic E-state index is 13.0. The van der Waals surface area contributed by atoms with Gasteiger partial charge < -0.3 is 33.8 Å². The summed E-state index contributed by atoms with van der Waals surface area (Å²) < 4.78 is 68.0. The molecular weight excluding hydrogens is 1140 g/mol. The fourth-order valence-corrected chi connectivity index (χ4v) is 11.5. The maximum absolute atomic E-state index is 13.0. The Kier molecular flexibility index (Phi) is 55.7. The Labute approximate surface area is 524 Å². The van der Waals surface area contributed by atoms with Crippen molar-refractivity contribution in [3.05, 3.63) is 0 Å². The molecule has 0 bridgehead atoms. The van der Waals surface area contributed by atoms with Gasteiger partial charge in [0, 0.05) is 25.7 Å². The quantitative estimate of drug-likeness (QED) is 0.0222. The second-order valence-electron chi connectivity index (χ2n) is 26.1. The third-order valence-corrected chi connectivity index (χ3v) is 17.2. The summed E-state index contributed by atoms with van der Waals surface area (Å²) in [4.78, 5) is 72.2. The number of phosphoric ester groups is 2. The molecule has 2 unspecified atom stereocenters. The van der Waals surface area contributed by atoms with Crippen LogP contribution in [0, 0.1) is 23.7 Å². The molecule has 0 aromatic carbocycles. The molecule has 19 heteroatoms. The molecule has 0 spiro atoms. The van der Waals surface area contributed by atoms with Crippen molar-refractivity contribution in [3.8, 4) is 0 Å². The molecule has 0 aromatic heterocycles. The third kappa shape index (κ3) is 60.9. The number of carbonyl (C=O) groups is 4. The molecule has 0 rings (SSSR count). The van der Waals surface area contributed by atoms with E-state index in [9.17, 15) is 43.2 Å². The van der Waals surface area contributed by atoms with Crippen LogP contribution in [0.5, 0.6) is 0 Å².